The molecular weight excluding hydrogens is 248 g/mol. The highest BCUT2D eigenvalue weighted by Crippen LogP contribution is 2.35. The van der Waals surface area contributed by atoms with Crippen molar-refractivity contribution < 1.29 is 8.42 Å². The Labute approximate surface area is 109 Å². The molecule has 0 spiro atoms. The Morgan fingerprint density at radius 3 is 2.33 bits per heavy atom. The van der Waals surface area contributed by atoms with Gasteiger partial charge >= 0.3 is 0 Å². The number of benzene rings is 1. The molecule has 0 radical (unpaired) electrons. The monoisotopic (exact) mass is 268 g/mol. The summed E-state index contributed by atoms with van der Waals surface area (Å²) in [5.41, 5.74) is 6.37. The summed E-state index contributed by atoms with van der Waals surface area (Å²) in [6.45, 7) is 2.46. The van der Waals surface area contributed by atoms with Crippen molar-refractivity contribution in [3.8, 4) is 0 Å². The molecule has 3 N–H and O–H groups in total. The lowest BCUT2D eigenvalue weighted by molar-refractivity contribution is 0.545. The molecule has 2 rings (SSSR count). The van der Waals surface area contributed by atoms with Crippen LogP contribution in [0.5, 0.6) is 0 Å². The van der Waals surface area contributed by atoms with Crippen molar-refractivity contribution in [1.82, 2.24) is 4.72 Å². The molecule has 0 heterocycles. The summed E-state index contributed by atoms with van der Waals surface area (Å²) in [4.78, 5) is 0.321. The van der Waals surface area contributed by atoms with E-state index in [-0.39, 0.29) is 5.54 Å². The molecule has 1 aromatic rings. The maximum atomic E-state index is 12.1. The Hall–Kier alpha value is -0.910. The largest absolute Gasteiger partial charge is 0.329 e. The molecule has 1 fully saturated rings. The zero-order chi connectivity index (χ0) is 13.2. The standard InChI is InChI=1S/C13H20N2O2S/c1-2-3-11-4-6-12(7-5-11)18(16,17)15-13(10-14)8-9-13/h4-7,15H,2-3,8-10,14H2,1H3. The third-order valence-electron chi connectivity index (χ3n) is 3.37. The molecule has 1 aliphatic carbocycles. The number of hydrogen-bond acceptors (Lipinski definition) is 3. The minimum atomic E-state index is -3.43. The van der Waals surface area contributed by atoms with Crippen LogP contribution in [0.25, 0.3) is 0 Å². The molecule has 0 bridgehead atoms. The van der Waals surface area contributed by atoms with Crippen molar-refractivity contribution in [3.05, 3.63) is 29.8 Å². The first-order valence-electron chi connectivity index (χ1n) is 6.34. The SMILES string of the molecule is CCCc1ccc(S(=O)(=O)NC2(CN)CC2)cc1. The third-order valence-corrected chi connectivity index (χ3v) is 4.96. The molecule has 0 aliphatic heterocycles. The Balaban J connectivity index is 2.14. The van der Waals surface area contributed by atoms with E-state index in [1.54, 1.807) is 12.1 Å². The van der Waals surface area contributed by atoms with Gasteiger partial charge in [0, 0.05) is 12.1 Å². The first-order valence-corrected chi connectivity index (χ1v) is 7.83. The van der Waals surface area contributed by atoms with Gasteiger partial charge in [-0.2, -0.15) is 0 Å². The second-order valence-corrected chi connectivity index (χ2v) is 6.67. The normalized spacial score (nSPS) is 17.7. The third kappa shape index (κ3) is 2.91. The van der Waals surface area contributed by atoms with Crippen molar-refractivity contribution in [2.45, 2.75) is 43.0 Å². The summed E-state index contributed by atoms with van der Waals surface area (Å²) in [6, 6.07) is 7.08. The smallest absolute Gasteiger partial charge is 0.241 e. The van der Waals surface area contributed by atoms with Crippen LogP contribution in [0.1, 0.15) is 31.7 Å². The van der Waals surface area contributed by atoms with Gasteiger partial charge in [0.1, 0.15) is 0 Å². The van der Waals surface area contributed by atoms with Gasteiger partial charge in [0.25, 0.3) is 0 Å². The second-order valence-electron chi connectivity index (χ2n) is 4.98. The summed E-state index contributed by atoms with van der Waals surface area (Å²) in [6.07, 6.45) is 3.69. The molecule has 1 aliphatic rings. The first-order chi connectivity index (χ1) is 8.51. The van der Waals surface area contributed by atoms with E-state index in [9.17, 15) is 8.42 Å². The van der Waals surface area contributed by atoms with Crippen LogP contribution in [0.15, 0.2) is 29.2 Å². The van der Waals surface area contributed by atoms with Gasteiger partial charge in [-0.15, -0.1) is 0 Å². The van der Waals surface area contributed by atoms with E-state index in [4.69, 9.17) is 5.73 Å². The van der Waals surface area contributed by atoms with Crippen LogP contribution in [0, 0.1) is 0 Å². The van der Waals surface area contributed by atoms with Gasteiger partial charge in [0.15, 0.2) is 0 Å². The van der Waals surface area contributed by atoms with Gasteiger partial charge in [-0.05, 0) is 37.0 Å². The Morgan fingerprint density at radius 2 is 1.89 bits per heavy atom. The topological polar surface area (TPSA) is 72.2 Å². The summed E-state index contributed by atoms with van der Waals surface area (Å²) < 4.78 is 27.0. The van der Waals surface area contributed by atoms with E-state index >= 15 is 0 Å². The zero-order valence-corrected chi connectivity index (χ0v) is 11.5. The fourth-order valence-corrected chi connectivity index (χ4v) is 3.44. The van der Waals surface area contributed by atoms with Crippen molar-refractivity contribution in [1.29, 1.82) is 0 Å². The van der Waals surface area contributed by atoms with Gasteiger partial charge in [0.2, 0.25) is 10.0 Å². The lowest BCUT2D eigenvalue weighted by atomic mass is 10.1. The Kier molecular flexibility index (Phi) is 3.75. The number of rotatable bonds is 6. The number of nitrogens with one attached hydrogen (secondary N) is 1. The fourth-order valence-electron chi connectivity index (χ4n) is 1.97. The predicted molar refractivity (Wildman–Crippen MR) is 71.8 cm³/mol. The average Bonchev–Trinajstić information content (AvgIpc) is 3.10. The fraction of sp³-hybridized carbons (Fsp3) is 0.538. The van der Waals surface area contributed by atoms with Crippen LogP contribution in [-0.4, -0.2) is 20.5 Å². The van der Waals surface area contributed by atoms with E-state index in [1.165, 1.54) is 0 Å². The van der Waals surface area contributed by atoms with Crippen molar-refractivity contribution >= 4 is 10.0 Å². The lowest BCUT2D eigenvalue weighted by Crippen LogP contribution is -2.42. The zero-order valence-electron chi connectivity index (χ0n) is 10.6. The predicted octanol–water partition coefficient (Wildman–Crippen LogP) is 1.41. The Morgan fingerprint density at radius 1 is 1.28 bits per heavy atom. The Bertz CT molecular complexity index is 504. The molecule has 0 amide bonds. The summed E-state index contributed by atoms with van der Waals surface area (Å²) >= 11 is 0. The number of sulfonamides is 1. The molecule has 1 aromatic carbocycles. The highest BCUT2D eigenvalue weighted by atomic mass is 32.2. The molecule has 4 nitrogen and oxygen atoms in total. The van der Waals surface area contributed by atoms with E-state index in [0.717, 1.165) is 31.2 Å². The number of hydrogen-bond donors (Lipinski definition) is 2. The molecule has 0 aromatic heterocycles. The highest BCUT2D eigenvalue weighted by Gasteiger charge is 2.44. The van der Waals surface area contributed by atoms with Crippen LogP contribution in [-0.2, 0) is 16.4 Å². The van der Waals surface area contributed by atoms with Crippen molar-refractivity contribution in [3.63, 3.8) is 0 Å². The van der Waals surface area contributed by atoms with Gasteiger partial charge in [-0.1, -0.05) is 25.5 Å². The minimum absolute atomic E-state index is 0.321. The summed E-state index contributed by atoms with van der Waals surface area (Å²) in [5, 5.41) is 0. The summed E-state index contributed by atoms with van der Waals surface area (Å²) in [7, 11) is -3.43. The molecule has 0 unspecified atom stereocenters. The van der Waals surface area contributed by atoms with Crippen LogP contribution in [0.2, 0.25) is 0 Å². The van der Waals surface area contributed by atoms with E-state index in [0.29, 0.717) is 11.4 Å². The molecule has 0 saturated heterocycles. The molecule has 100 valence electrons. The molecule has 5 heteroatoms. The van der Waals surface area contributed by atoms with E-state index in [2.05, 4.69) is 11.6 Å². The van der Waals surface area contributed by atoms with Gasteiger partial charge in [-0.25, -0.2) is 13.1 Å². The lowest BCUT2D eigenvalue weighted by Gasteiger charge is -2.15. The molecular formula is C13H20N2O2S. The molecule has 18 heavy (non-hydrogen) atoms. The molecule has 0 atom stereocenters. The highest BCUT2D eigenvalue weighted by molar-refractivity contribution is 7.89. The van der Waals surface area contributed by atoms with E-state index in [1.807, 2.05) is 12.1 Å². The van der Waals surface area contributed by atoms with Crippen molar-refractivity contribution in [2.24, 2.45) is 5.73 Å². The average molecular weight is 268 g/mol. The molecule has 1 saturated carbocycles. The van der Waals surface area contributed by atoms with Gasteiger partial charge in [-0.3, -0.25) is 0 Å². The number of aryl methyl sites for hydroxylation is 1. The van der Waals surface area contributed by atoms with Crippen LogP contribution in [0.3, 0.4) is 0 Å². The number of nitrogens with two attached hydrogens (primary N) is 1. The second kappa shape index (κ2) is 4.99. The van der Waals surface area contributed by atoms with Crippen LogP contribution in [0.4, 0.5) is 0 Å². The van der Waals surface area contributed by atoms with E-state index < -0.39 is 10.0 Å². The van der Waals surface area contributed by atoms with Gasteiger partial charge in [0.05, 0.1) is 4.90 Å². The van der Waals surface area contributed by atoms with Crippen molar-refractivity contribution in [2.75, 3.05) is 6.54 Å². The van der Waals surface area contributed by atoms with Crippen LogP contribution >= 0.6 is 0 Å². The maximum absolute atomic E-state index is 12.1. The quantitative estimate of drug-likeness (QED) is 0.819. The minimum Gasteiger partial charge on any atom is -0.329 e. The first kappa shape index (κ1) is 13.5. The van der Waals surface area contributed by atoms with Crippen LogP contribution < -0.4 is 10.5 Å². The summed E-state index contributed by atoms with van der Waals surface area (Å²) in [5.74, 6) is 0. The maximum Gasteiger partial charge on any atom is 0.241 e. The van der Waals surface area contributed by atoms with Gasteiger partial charge < -0.3 is 5.73 Å².